The zero-order valence-electron chi connectivity index (χ0n) is 14.0. The lowest BCUT2D eigenvalue weighted by molar-refractivity contribution is 0.462. The fourth-order valence-corrected chi connectivity index (χ4v) is 2.70. The lowest BCUT2D eigenvalue weighted by Gasteiger charge is -2.04. The first-order chi connectivity index (χ1) is 12.6. The van der Waals surface area contributed by atoms with Crippen LogP contribution in [0.4, 0.5) is 4.39 Å². The molecule has 0 aliphatic heterocycles. The van der Waals surface area contributed by atoms with E-state index in [2.05, 4.69) is 10.1 Å². The number of hydrogen-bond acceptors (Lipinski definition) is 4. The number of rotatable bonds is 4. The molecule has 0 amide bonds. The van der Waals surface area contributed by atoms with Gasteiger partial charge in [0.25, 0.3) is 5.88 Å². The van der Waals surface area contributed by atoms with Gasteiger partial charge in [0.05, 0.1) is 6.54 Å². The molecule has 0 unspecified atom stereocenters. The van der Waals surface area contributed by atoms with Crippen LogP contribution in [0, 0.1) is 12.7 Å². The molecule has 26 heavy (non-hydrogen) atoms. The van der Waals surface area contributed by atoms with Crippen molar-refractivity contribution in [2.45, 2.75) is 13.5 Å². The van der Waals surface area contributed by atoms with Gasteiger partial charge < -0.3 is 4.74 Å². The predicted molar refractivity (Wildman–Crippen MR) is 94.0 cm³/mol. The van der Waals surface area contributed by atoms with Gasteiger partial charge in [0, 0.05) is 12.4 Å². The molecule has 130 valence electrons. The second kappa shape index (κ2) is 6.44. The molecule has 0 aliphatic rings. The Bertz CT molecular complexity index is 1130. The standard InChI is InChI=1S/C19H15FN4O2/c1-13-3-2-4-14(11-13)12-24-19(25)23-10-9-21-18(17(23)22-24)26-16-7-5-15(20)6-8-16/h2-11H,12H2,1H3. The maximum absolute atomic E-state index is 13.0. The fourth-order valence-electron chi connectivity index (χ4n) is 2.70. The van der Waals surface area contributed by atoms with Gasteiger partial charge in [0.1, 0.15) is 11.6 Å². The highest BCUT2D eigenvalue weighted by molar-refractivity contribution is 5.49. The minimum absolute atomic E-state index is 0.180. The summed E-state index contributed by atoms with van der Waals surface area (Å²) >= 11 is 0. The van der Waals surface area contributed by atoms with Crippen LogP contribution in [0.15, 0.2) is 65.7 Å². The average Bonchev–Trinajstić information content (AvgIpc) is 2.94. The van der Waals surface area contributed by atoms with Gasteiger partial charge in [-0.3, -0.25) is 0 Å². The van der Waals surface area contributed by atoms with Crippen molar-refractivity contribution in [3.05, 3.63) is 88.4 Å². The van der Waals surface area contributed by atoms with E-state index in [4.69, 9.17) is 4.74 Å². The van der Waals surface area contributed by atoms with Crippen LogP contribution >= 0.6 is 0 Å². The van der Waals surface area contributed by atoms with Gasteiger partial charge >= 0.3 is 5.69 Å². The number of halogens is 1. The van der Waals surface area contributed by atoms with E-state index in [-0.39, 0.29) is 17.4 Å². The van der Waals surface area contributed by atoms with E-state index in [1.54, 1.807) is 0 Å². The van der Waals surface area contributed by atoms with E-state index >= 15 is 0 Å². The smallest absolute Gasteiger partial charge is 0.350 e. The SMILES string of the molecule is Cc1cccc(Cn2nc3c(Oc4ccc(F)cc4)nccn3c2=O)c1. The number of nitrogens with zero attached hydrogens (tertiary/aromatic N) is 4. The van der Waals surface area contributed by atoms with Crippen LogP contribution < -0.4 is 10.4 Å². The first kappa shape index (κ1) is 16.0. The summed E-state index contributed by atoms with van der Waals surface area (Å²) in [6, 6.07) is 13.4. The molecule has 0 fully saturated rings. The molecule has 6 nitrogen and oxygen atoms in total. The van der Waals surface area contributed by atoms with Crippen LogP contribution in [0.25, 0.3) is 5.65 Å². The molecule has 4 rings (SSSR count). The maximum Gasteiger partial charge on any atom is 0.350 e. The maximum atomic E-state index is 13.0. The van der Waals surface area contributed by atoms with Gasteiger partial charge in [-0.25, -0.2) is 23.3 Å². The van der Waals surface area contributed by atoms with Crippen molar-refractivity contribution >= 4 is 5.65 Å². The van der Waals surface area contributed by atoms with E-state index in [1.807, 2.05) is 31.2 Å². The Morgan fingerprint density at radius 2 is 1.96 bits per heavy atom. The van der Waals surface area contributed by atoms with Gasteiger partial charge in [0.2, 0.25) is 5.65 Å². The summed E-state index contributed by atoms with van der Waals surface area (Å²) in [4.78, 5) is 16.7. The summed E-state index contributed by atoms with van der Waals surface area (Å²) in [5, 5.41) is 4.36. The van der Waals surface area contributed by atoms with Crippen molar-refractivity contribution in [2.24, 2.45) is 0 Å². The number of aryl methyl sites for hydroxylation is 1. The van der Waals surface area contributed by atoms with Crippen molar-refractivity contribution in [3.63, 3.8) is 0 Å². The summed E-state index contributed by atoms with van der Waals surface area (Å²) in [7, 11) is 0. The summed E-state index contributed by atoms with van der Waals surface area (Å²) < 4.78 is 21.4. The first-order valence-electron chi connectivity index (χ1n) is 8.03. The summed E-state index contributed by atoms with van der Waals surface area (Å²) in [6.07, 6.45) is 3.00. The highest BCUT2D eigenvalue weighted by atomic mass is 19.1. The van der Waals surface area contributed by atoms with Crippen LogP contribution in [0.1, 0.15) is 11.1 Å². The molecular weight excluding hydrogens is 335 g/mol. The Labute approximate surface area is 148 Å². The molecule has 4 aromatic rings. The summed E-state index contributed by atoms with van der Waals surface area (Å²) in [5.41, 5.74) is 2.10. The molecule has 0 aliphatic carbocycles. The number of hydrogen-bond donors (Lipinski definition) is 0. The topological polar surface area (TPSA) is 61.4 Å². The van der Waals surface area contributed by atoms with Crippen LogP contribution in [0.3, 0.4) is 0 Å². The van der Waals surface area contributed by atoms with E-state index < -0.39 is 0 Å². The highest BCUT2D eigenvalue weighted by Crippen LogP contribution is 2.22. The second-order valence-electron chi connectivity index (χ2n) is 5.91. The number of aromatic nitrogens is 4. The molecule has 2 aromatic heterocycles. The lowest BCUT2D eigenvalue weighted by Crippen LogP contribution is -2.21. The van der Waals surface area contributed by atoms with Crippen molar-refractivity contribution < 1.29 is 9.13 Å². The van der Waals surface area contributed by atoms with Gasteiger partial charge in [-0.05, 0) is 36.8 Å². The van der Waals surface area contributed by atoms with Gasteiger partial charge in [-0.2, -0.15) is 0 Å². The Morgan fingerprint density at radius 1 is 1.15 bits per heavy atom. The van der Waals surface area contributed by atoms with Crippen LogP contribution in [-0.2, 0) is 6.54 Å². The lowest BCUT2D eigenvalue weighted by atomic mass is 10.1. The van der Waals surface area contributed by atoms with Crippen molar-refractivity contribution in [1.29, 1.82) is 0 Å². The van der Waals surface area contributed by atoms with E-state index in [0.717, 1.165) is 11.1 Å². The molecule has 7 heteroatoms. The van der Waals surface area contributed by atoms with Crippen molar-refractivity contribution in [2.75, 3.05) is 0 Å². The predicted octanol–water partition coefficient (Wildman–Crippen LogP) is 3.18. The summed E-state index contributed by atoms with van der Waals surface area (Å²) in [6.45, 7) is 2.34. The van der Waals surface area contributed by atoms with Crippen LogP contribution in [0.5, 0.6) is 11.6 Å². The van der Waals surface area contributed by atoms with E-state index in [1.165, 1.54) is 45.7 Å². The molecule has 2 heterocycles. The molecule has 0 saturated heterocycles. The third kappa shape index (κ3) is 3.06. The van der Waals surface area contributed by atoms with Crippen molar-refractivity contribution in [3.8, 4) is 11.6 Å². The molecule has 0 saturated carbocycles. The third-order valence-corrected chi connectivity index (χ3v) is 3.91. The van der Waals surface area contributed by atoms with Crippen LogP contribution in [0.2, 0.25) is 0 Å². The number of fused-ring (bicyclic) bond motifs is 1. The minimum Gasteiger partial charge on any atom is -0.436 e. The second-order valence-corrected chi connectivity index (χ2v) is 5.91. The van der Waals surface area contributed by atoms with Crippen molar-refractivity contribution in [1.82, 2.24) is 19.2 Å². The monoisotopic (exact) mass is 350 g/mol. The molecule has 0 radical (unpaired) electrons. The zero-order chi connectivity index (χ0) is 18.1. The van der Waals surface area contributed by atoms with E-state index in [0.29, 0.717) is 17.9 Å². The van der Waals surface area contributed by atoms with Gasteiger partial charge in [0.15, 0.2) is 0 Å². The Kier molecular flexibility index (Phi) is 3.96. The molecule has 0 bridgehead atoms. The third-order valence-electron chi connectivity index (χ3n) is 3.91. The van der Waals surface area contributed by atoms with Crippen LogP contribution in [-0.4, -0.2) is 19.2 Å². The average molecular weight is 350 g/mol. The largest absolute Gasteiger partial charge is 0.436 e. The molecule has 0 atom stereocenters. The number of benzene rings is 2. The zero-order valence-corrected chi connectivity index (χ0v) is 14.0. The molecule has 2 aromatic carbocycles. The first-order valence-corrected chi connectivity index (χ1v) is 8.03. The number of ether oxygens (including phenoxy) is 1. The molecular formula is C19H15FN4O2. The minimum atomic E-state index is -0.359. The summed E-state index contributed by atoms with van der Waals surface area (Å²) in [5.74, 6) is 0.231. The van der Waals surface area contributed by atoms with Gasteiger partial charge in [-0.1, -0.05) is 29.8 Å². The normalized spacial score (nSPS) is 11.0. The Morgan fingerprint density at radius 3 is 2.73 bits per heavy atom. The van der Waals surface area contributed by atoms with E-state index in [9.17, 15) is 9.18 Å². The van der Waals surface area contributed by atoms with Gasteiger partial charge in [-0.15, -0.1) is 5.10 Å². The molecule has 0 N–H and O–H groups in total. The fraction of sp³-hybridized carbons (Fsp3) is 0.105. The Hall–Kier alpha value is -3.48. The highest BCUT2D eigenvalue weighted by Gasteiger charge is 2.14. The Balaban J connectivity index is 1.72. The molecule has 0 spiro atoms. The quantitative estimate of drug-likeness (QED) is 0.567.